The summed E-state index contributed by atoms with van der Waals surface area (Å²) >= 11 is 2.51. The predicted molar refractivity (Wildman–Crippen MR) is 128 cm³/mol. The van der Waals surface area contributed by atoms with E-state index in [1.807, 2.05) is 0 Å². The van der Waals surface area contributed by atoms with Gasteiger partial charge in [-0.05, 0) is 42.7 Å². The molecule has 4 heterocycles. The Morgan fingerprint density at radius 3 is 2.65 bits per heavy atom. The lowest BCUT2D eigenvalue weighted by atomic mass is 9.96. The number of carbonyl (C=O) groups excluding carboxylic acids is 1. The second-order valence-corrected chi connectivity index (χ2v) is 10.9. The van der Waals surface area contributed by atoms with Crippen LogP contribution in [0.1, 0.15) is 31.2 Å². The normalized spacial score (nSPS) is 16.8. The lowest BCUT2D eigenvalue weighted by Gasteiger charge is -2.26. The van der Waals surface area contributed by atoms with Gasteiger partial charge >= 0.3 is 0 Å². The van der Waals surface area contributed by atoms with Crippen LogP contribution in [0.25, 0.3) is 21.7 Å². The summed E-state index contributed by atoms with van der Waals surface area (Å²) in [6.07, 6.45) is 0.652. The summed E-state index contributed by atoms with van der Waals surface area (Å²) in [5.74, 6) is 0.0931. The number of ether oxygens (including phenoxy) is 2. The highest BCUT2D eigenvalue weighted by Crippen LogP contribution is 2.38. The van der Waals surface area contributed by atoms with Crippen molar-refractivity contribution in [3.05, 3.63) is 45.1 Å². The van der Waals surface area contributed by atoms with Crippen molar-refractivity contribution in [1.82, 2.24) is 19.2 Å². The van der Waals surface area contributed by atoms with Crippen molar-refractivity contribution in [2.45, 2.75) is 50.3 Å². The number of methoxy groups -OCH3 is 1. The van der Waals surface area contributed by atoms with E-state index in [1.165, 1.54) is 22.8 Å². The topological polar surface area (TPSA) is 111 Å². The van der Waals surface area contributed by atoms with Crippen molar-refractivity contribution in [2.75, 3.05) is 7.11 Å². The van der Waals surface area contributed by atoms with Crippen LogP contribution in [0.5, 0.6) is 5.75 Å². The van der Waals surface area contributed by atoms with Gasteiger partial charge in [-0.2, -0.15) is 0 Å². The van der Waals surface area contributed by atoms with E-state index in [4.69, 9.17) is 9.47 Å². The molecule has 1 aliphatic rings. The van der Waals surface area contributed by atoms with Crippen molar-refractivity contribution >= 4 is 45.1 Å². The Bertz CT molecular complexity index is 1450. The third-order valence-electron chi connectivity index (χ3n) is 6.03. The summed E-state index contributed by atoms with van der Waals surface area (Å²) < 4.78 is 14.6. The second-order valence-electron chi connectivity index (χ2n) is 8.52. The first-order valence-electron chi connectivity index (χ1n) is 10.9. The van der Waals surface area contributed by atoms with Gasteiger partial charge < -0.3 is 19.4 Å². The zero-order valence-electron chi connectivity index (χ0n) is 19.1. The molecule has 0 bridgehead atoms. The van der Waals surface area contributed by atoms with Gasteiger partial charge in [0.05, 0.1) is 36.9 Å². The van der Waals surface area contributed by atoms with Crippen molar-refractivity contribution in [1.29, 1.82) is 0 Å². The summed E-state index contributed by atoms with van der Waals surface area (Å²) in [4.78, 5) is 27.1. The largest absolute Gasteiger partial charge is 0.549 e. The molecule has 0 saturated carbocycles. The Morgan fingerprint density at radius 1 is 1.26 bits per heavy atom. The number of thiophene rings is 1. The highest BCUT2D eigenvalue weighted by Gasteiger charge is 2.30. The molecule has 0 amide bonds. The Kier molecular flexibility index (Phi) is 5.86. The average Bonchev–Trinajstić information content (AvgIpc) is 3.40. The molecular formula is C23H23N4O5S2-. The zero-order valence-corrected chi connectivity index (χ0v) is 20.7. The lowest BCUT2D eigenvalue weighted by Crippen LogP contribution is -2.31. The van der Waals surface area contributed by atoms with E-state index in [-0.39, 0.29) is 11.7 Å². The summed E-state index contributed by atoms with van der Waals surface area (Å²) in [5.41, 5.74) is 1.41. The van der Waals surface area contributed by atoms with Gasteiger partial charge in [0.1, 0.15) is 10.6 Å². The third kappa shape index (κ3) is 3.68. The van der Waals surface area contributed by atoms with E-state index in [9.17, 15) is 14.7 Å². The molecule has 1 aromatic carbocycles. The van der Waals surface area contributed by atoms with Crippen LogP contribution in [0.3, 0.4) is 0 Å². The number of benzene rings is 1. The molecule has 0 unspecified atom stereocenters. The smallest absolute Gasteiger partial charge is 0.268 e. The van der Waals surface area contributed by atoms with E-state index >= 15 is 0 Å². The SMILES string of the molecule is COc1ccc(-n2c(=O)c3c4c(sc3n3c(S[C@@H](C)C(=O)[O-])nnc23)CO[C@@H](C(C)C)C4)cc1. The molecule has 0 radical (unpaired) electrons. The maximum absolute atomic E-state index is 14.0. The number of aliphatic carboxylic acids is 1. The summed E-state index contributed by atoms with van der Waals surface area (Å²) in [5, 5.41) is 20.1. The number of fused-ring (bicyclic) bond motifs is 5. The van der Waals surface area contributed by atoms with E-state index < -0.39 is 11.2 Å². The highest BCUT2D eigenvalue weighted by atomic mass is 32.2. The molecule has 0 N–H and O–H groups in total. The number of thioether (sulfide) groups is 1. The third-order valence-corrected chi connectivity index (χ3v) is 8.24. The number of carboxylic acids is 1. The van der Waals surface area contributed by atoms with Crippen LogP contribution in [0.4, 0.5) is 0 Å². The lowest BCUT2D eigenvalue weighted by molar-refractivity contribution is -0.304. The molecule has 0 aliphatic carbocycles. The van der Waals surface area contributed by atoms with E-state index in [0.717, 1.165) is 22.2 Å². The fourth-order valence-electron chi connectivity index (χ4n) is 4.11. The first-order chi connectivity index (χ1) is 16.3. The molecule has 3 aromatic heterocycles. The number of aromatic nitrogens is 4. The number of carbonyl (C=O) groups is 1. The van der Waals surface area contributed by atoms with Gasteiger partial charge in [-0.3, -0.25) is 4.79 Å². The van der Waals surface area contributed by atoms with Crippen molar-refractivity contribution in [3.8, 4) is 11.4 Å². The molecule has 0 saturated heterocycles. The zero-order chi connectivity index (χ0) is 24.1. The molecule has 0 fully saturated rings. The molecule has 0 spiro atoms. The summed E-state index contributed by atoms with van der Waals surface area (Å²) in [6.45, 7) is 6.18. The van der Waals surface area contributed by atoms with Gasteiger partial charge in [0.15, 0.2) is 5.16 Å². The highest BCUT2D eigenvalue weighted by molar-refractivity contribution is 8.00. The average molecular weight is 500 g/mol. The Hall–Kier alpha value is -2.89. The van der Waals surface area contributed by atoms with Crippen molar-refractivity contribution in [3.63, 3.8) is 0 Å². The first-order valence-corrected chi connectivity index (χ1v) is 12.6. The minimum atomic E-state index is -1.19. The molecular weight excluding hydrogens is 476 g/mol. The van der Waals surface area contributed by atoms with Crippen molar-refractivity contribution < 1.29 is 19.4 Å². The van der Waals surface area contributed by atoms with Gasteiger partial charge in [-0.15, -0.1) is 21.5 Å². The van der Waals surface area contributed by atoms with Gasteiger partial charge in [0, 0.05) is 16.5 Å². The molecule has 4 aromatic rings. The van der Waals surface area contributed by atoms with Gasteiger partial charge in [-0.25, -0.2) is 8.97 Å². The minimum absolute atomic E-state index is 0.0164. The maximum Gasteiger partial charge on any atom is 0.268 e. The van der Waals surface area contributed by atoms with Crippen LogP contribution in [0.2, 0.25) is 0 Å². The fourth-order valence-corrected chi connectivity index (χ4v) is 6.19. The first kappa shape index (κ1) is 22.9. The summed E-state index contributed by atoms with van der Waals surface area (Å²) in [7, 11) is 1.58. The Balaban J connectivity index is 1.82. The number of rotatable bonds is 6. The van der Waals surface area contributed by atoms with Gasteiger partial charge in [0.25, 0.3) is 5.56 Å². The minimum Gasteiger partial charge on any atom is -0.549 e. The molecule has 178 valence electrons. The number of carboxylic acid groups (broad SMARTS) is 1. The van der Waals surface area contributed by atoms with Crippen molar-refractivity contribution in [2.24, 2.45) is 5.92 Å². The summed E-state index contributed by atoms with van der Waals surface area (Å²) in [6, 6.07) is 7.13. The van der Waals surface area contributed by atoms with Crippen LogP contribution in [0.15, 0.2) is 34.2 Å². The van der Waals surface area contributed by atoms with E-state index in [1.54, 1.807) is 35.8 Å². The quantitative estimate of drug-likeness (QED) is 0.372. The predicted octanol–water partition coefficient (Wildman–Crippen LogP) is 2.43. The molecule has 2 atom stereocenters. The number of hydrogen-bond acceptors (Lipinski definition) is 9. The van der Waals surface area contributed by atoms with E-state index in [2.05, 4.69) is 24.0 Å². The molecule has 9 nitrogen and oxygen atoms in total. The Morgan fingerprint density at radius 2 is 2.00 bits per heavy atom. The van der Waals surface area contributed by atoms with Gasteiger partial charge in [-0.1, -0.05) is 25.6 Å². The monoisotopic (exact) mass is 499 g/mol. The van der Waals surface area contributed by atoms with Gasteiger partial charge in [0.2, 0.25) is 5.78 Å². The van der Waals surface area contributed by atoms with Crippen LogP contribution in [-0.4, -0.2) is 43.6 Å². The maximum atomic E-state index is 14.0. The standard InChI is InChI=1S/C23H24N4O5S2/c1-11(2)16-9-15-17(10-32-16)34-20-18(15)19(28)26(13-5-7-14(31-4)8-6-13)22-24-25-23(27(20)22)33-12(3)21(29)30/h5-8,11-12,16H,9-10H2,1-4H3,(H,29,30)/p-1/t12-,16+/m0/s1. The molecule has 5 rings (SSSR count). The van der Waals surface area contributed by atoms with Crippen LogP contribution in [-0.2, 0) is 22.6 Å². The van der Waals surface area contributed by atoms with Crippen LogP contribution >= 0.6 is 23.1 Å². The Labute approximate surface area is 203 Å². The number of hydrogen-bond donors (Lipinski definition) is 0. The molecule has 11 heteroatoms. The second kappa shape index (κ2) is 8.71. The molecule has 34 heavy (non-hydrogen) atoms. The van der Waals surface area contributed by atoms with E-state index in [0.29, 0.717) is 51.5 Å². The molecule has 1 aliphatic heterocycles. The van der Waals surface area contributed by atoms with Crippen LogP contribution in [0, 0.1) is 5.92 Å². The van der Waals surface area contributed by atoms with Crippen LogP contribution < -0.4 is 15.4 Å². The number of nitrogens with zero attached hydrogens (tertiary/aromatic N) is 4. The fraction of sp³-hybridized carbons (Fsp3) is 0.391.